The lowest BCUT2D eigenvalue weighted by atomic mass is 10.0. The molecule has 1 unspecified atom stereocenters. The fourth-order valence-electron chi connectivity index (χ4n) is 4.06. The molecule has 2 saturated heterocycles. The number of piperidine rings is 2. The largest absolute Gasteiger partial charge is 0.351 e. The first kappa shape index (κ1) is 22.7. The van der Waals surface area contributed by atoms with E-state index in [2.05, 4.69) is 5.32 Å². The lowest BCUT2D eigenvalue weighted by molar-refractivity contribution is -0.125. The normalized spacial score (nSPS) is 20.9. The van der Waals surface area contributed by atoms with Crippen LogP contribution in [0.4, 0.5) is 0 Å². The number of carbonyl (C=O) groups excluding carboxylic acids is 2. The highest BCUT2D eigenvalue weighted by molar-refractivity contribution is 7.89. The first-order valence-electron chi connectivity index (χ1n) is 10.9. The van der Waals surface area contributed by atoms with E-state index in [1.54, 1.807) is 17.0 Å². The molecular formula is C22H33N3O4S. The van der Waals surface area contributed by atoms with Gasteiger partial charge >= 0.3 is 0 Å². The van der Waals surface area contributed by atoms with Gasteiger partial charge in [0, 0.05) is 43.7 Å². The highest BCUT2D eigenvalue weighted by Gasteiger charge is 2.30. The summed E-state index contributed by atoms with van der Waals surface area (Å²) in [5, 5.41) is 3.01. The Morgan fingerprint density at radius 2 is 1.77 bits per heavy atom. The molecule has 1 aromatic carbocycles. The lowest BCUT2D eigenvalue weighted by Crippen LogP contribution is -2.50. The molecule has 0 bridgehead atoms. The van der Waals surface area contributed by atoms with Gasteiger partial charge in [0.25, 0.3) is 5.91 Å². The summed E-state index contributed by atoms with van der Waals surface area (Å²) in [5.74, 6) is -0.290. The van der Waals surface area contributed by atoms with Crippen molar-refractivity contribution in [3.8, 4) is 0 Å². The summed E-state index contributed by atoms with van der Waals surface area (Å²) in [6.07, 6.45) is 4.43. The number of nitrogens with zero attached hydrogens (tertiary/aromatic N) is 2. The monoisotopic (exact) mass is 435 g/mol. The molecule has 0 spiro atoms. The predicted molar refractivity (Wildman–Crippen MR) is 116 cm³/mol. The van der Waals surface area contributed by atoms with Gasteiger partial charge in [-0.05, 0) is 50.3 Å². The van der Waals surface area contributed by atoms with E-state index >= 15 is 0 Å². The second-order valence-electron chi connectivity index (χ2n) is 8.70. The zero-order valence-corrected chi connectivity index (χ0v) is 19.0. The molecule has 30 heavy (non-hydrogen) atoms. The Morgan fingerprint density at radius 1 is 1.07 bits per heavy atom. The average molecular weight is 436 g/mol. The number of carbonyl (C=O) groups is 2. The third-order valence-electron chi connectivity index (χ3n) is 5.97. The number of likely N-dealkylation sites (tertiary alicyclic amines) is 1. The minimum atomic E-state index is -3.60. The van der Waals surface area contributed by atoms with E-state index in [9.17, 15) is 18.0 Å². The van der Waals surface area contributed by atoms with Crippen LogP contribution in [0.2, 0.25) is 0 Å². The minimum Gasteiger partial charge on any atom is -0.351 e. The van der Waals surface area contributed by atoms with Crippen LogP contribution in [-0.4, -0.2) is 61.7 Å². The van der Waals surface area contributed by atoms with Crippen LogP contribution in [0, 0.1) is 12.8 Å². The van der Waals surface area contributed by atoms with E-state index in [-0.39, 0.29) is 28.7 Å². The highest BCUT2D eigenvalue weighted by Crippen LogP contribution is 2.24. The first-order chi connectivity index (χ1) is 14.2. The Morgan fingerprint density at radius 3 is 2.43 bits per heavy atom. The van der Waals surface area contributed by atoms with Crippen LogP contribution < -0.4 is 5.32 Å². The van der Waals surface area contributed by atoms with Crippen LogP contribution in [0.3, 0.4) is 0 Å². The van der Waals surface area contributed by atoms with Crippen molar-refractivity contribution in [3.63, 3.8) is 0 Å². The third kappa shape index (κ3) is 5.03. The number of amides is 2. The van der Waals surface area contributed by atoms with Crippen LogP contribution in [-0.2, 0) is 14.8 Å². The molecule has 7 nitrogen and oxygen atoms in total. The van der Waals surface area contributed by atoms with Gasteiger partial charge in [-0.2, -0.15) is 4.31 Å². The molecule has 0 aromatic heterocycles. The smallest absolute Gasteiger partial charge is 0.254 e. The maximum Gasteiger partial charge on any atom is 0.254 e. The fourth-order valence-corrected chi connectivity index (χ4v) is 5.61. The van der Waals surface area contributed by atoms with Crippen molar-refractivity contribution < 1.29 is 18.0 Å². The number of benzene rings is 1. The zero-order valence-electron chi connectivity index (χ0n) is 18.2. The summed E-state index contributed by atoms with van der Waals surface area (Å²) >= 11 is 0. The molecule has 0 saturated carbocycles. The van der Waals surface area contributed by atoms with Crippen LogP contribution in [0.5, 0.6) is 0 Å². The molecule has 2 aliphatic heterocycles. The summed E-state index contributed by atoms with van der Waals surface area (Å²) in [7, 11) is -3.60. The van der Waals surface area contributed by atoms with Crippen molar-refractivity contribution >= 4 is 21.8 Å². The second kappa shape index (κ2) is 9.47. The van der Waals surface area contributed by atoms with E-state index in [1.165, 1.54) is 10.4 Å². The molecule has 8 heteroatoms. The van der Waals surface area contributed by atoms with Crippen LogP contribution in [0.1, 0.15) is 61.9 Å². The number of rotatable bonds is 5. The number of hydrogen-bond acceptors (Lipinski definition) is 4. The van der Waals surface area contributed by atoms with Gasteiger partial charge in [-0.3, -0.25) is 9.59 Å². The standard InChI is InChI=1S/C22H33N3O4S/c1-16(2)21(26)23-18-8-7-11-24(15-18)22(27)20-14-19(10-9-17(20)3)30(28,29)25-12-5-4-6-13-25/h9-10,14,16,18H,4-8,11-13,15H2,1-3H3,(H,23,26). The molecule has 2 fully saturated rings. The van der Waals surface area contributed by atoms with Crippen molar-refractivity contribution in [2.24, 2.45) is 5.92 Å². The van der Waals surface area contributed by atoms with Gasteiger partial charge in [-0.25, -0.2) is 8.42 Å². The third-order valence-corrected chi connectivity index (χ3v) is 7.87. The molecule has 1 atom stereocenters. The fraction of sp³-hybridized carbons (Fsp3) is 0.636. The van der Waals surface area contributed by atoms with Gasteiger partial charge in [0.05, 0.1) is 4.90 Å². The maximum atomic E-state index is 13.2. The molecule has 1 N–H and O–H groups in total. The van der Waals surface area contributed by atoms with Crippen LogP contribution in [0.25, 0.3) is 0 Å². The van der Waals surface area contributed by atoms with E-state index in [1.807, 2.05) is 20.8 Å². The van der Waals surface area contributed by atoms with Crippen molar-refractivity contribution in [2.45, 2.75) is 63.8 Å². The van der Waals surface area contributed by atoms with Crippen molar-refractivity contribution in [1.82, 2.24) is 14.5 Å². The molecule has 2 aliphatic rings. The number of aryl methyl sites for hydroxylation is 1. The number of nitrogens with one attached hydrogen (secondary N) is 1. The Kier molecular flexibility index (Phi) is 7.18. The topological polar surface area (TPSA) is 86.8 Å². The van der Waals surface area contributed by atoms with Crippen LogP contribution in [0.15, 0.2) is 23.1 Å². The first-order valence-corrected chi connectivity index (χ1v) is 12.3. The average Bonchev–Trinajstić information content (AvgIpc) is 2.74. The number of hydrogen-bond donors (Lipinski definition) is 1. The molecule has 2 heterocycles. The second-order valence-corrected chi connectivity index (χ2v) is 10.6. The Bertz CT molecular complexity index is 892. The summed E-state index contributed by atoms with van der Waals surface area (Å²) in [5.41, 5.74) is 1.18. The quantitative estimate of drug-likeness (QED) is 0.770. The van der Waals surface area contributed by atoms with E-state index < -0.39 is 10.0 Å². The van der Waals surface area contributed by atoms with Gasteiger partial charge in [0.15, 0.2) is 0 Å². The van der Waals surface area contributed by atoms with E-state index in [4.69, 9.17) is 0 Å². The van der Waals surface area contributed by atoms with Gasteiger partial charge in [-0.15, -0.1) is 0 Å². The Labute approximate surface area is 179 Å². The molecule has 0 radical (unpaired) electrons. The van der Waals surface area contributed by atoms with Crippen molar-refractivity contribution in [3.05, 3.63) is 29.3 Å². The van der Waals surface area contributed by atoms with E-state index in [0.29, 0.717) is 31.7 Å². The maximum absolute atomic E-state index is 13.2. The Hall–Kier alpha value is -1.93. The highest BCUT2D eigenvalue weighted by atomic mass is 32.2. The molecule has 166 valence electrons. The lowest BCUT2D eigenvalue weighted by Gasteiger charge is -2.34. The van der Waals surface area contributed by atoms with Gasteiger partial charge in [0.1, 0.15) is 0 Å². The number of sulfonamides is 1. The van der Waals surface area contributed by atoms with Gasteiger partial charge in [-0.1, -0.05) is 26.3 Å². The molecule has 2 amide bonds. The predicted octanol–water partition coefficient (Wildman–Crippen LogP) is 2.55. The van der Waals surface area contributed by atoms with Crippen molar-refractivity contribution in [2.75, 3.05) is 26.2 Å². The van der Waals surface area contributed by atoms with Gasteiger partial charge < -0.3 is 10.2 Å². The Balaban J connectivity index is 1.78. The molecule has 3 rings (SSSR count). The summed E-state index contributed by atoms with van der Waals surface area (Å²) in [4.78, 5) is 27.2. The summed E-state index contributed by atoms with van der Waals surface area (Å²) in [6.45, 7) is 7.63. The summed E-state index contributed by atoms with van der Waals surface area (Å²) < 4.78 is 27.6. The van der Waals surface area contributed by atoms with E-state index in [0.717, 1.165) is 37.7 Å². The van der Waals surface area contributed by atoms with Crippen molar-refractivity contribution in [1.29, 1.82) is 0 Å². The SMILES string of the molecule is Cc1ccc(S(=O)(=O)N2CCCCC2)cc1C(=O)N1CCCC(NC(=O)C(C)C)C1. The molecule has 0 aliphatic carbocycles. The summed E-state index contributed by atoms with van der Waals surface area (Å²) in [6, 6.07) is 4.76. The van der Waals surface area contributed by atoms with Crippen LogP contribution >= 0.6 is 0 Å². The molecular weight excluding hydrogens is 402 g/mol. The zero-order chi connectivity index (χ0) is 21.9. The minimum absolute atomic E-state index is 0.0138. The molecule has 1 aromatic rings. The van der Waals surface area contributed by atoms with Gasteiger partial charge in [0.2, 0.25) is 15.9 Å².